The van der Waals surface area contributed by atoms with E-state index >= 15 is 0 Å². The molecule has 25 heavy (non-hydrogen) atoms. The van der Waals surface area contributed by atoms with Crippen LogP contribution in [0.15, 0.2) is 23.6 Å². The van der Waals surface area contributed by atoms with Gasteiger partial charge >= 0.3 is 6.09 Å². The van der Waals surface area contributed by atoms with Gasteiger partial charge in [0.15, 0.2) is 0 Å². The van der Waals surface area contributed by atoms with Gasteiger partial charge in [-0.1, -0.05) is 6.07 Å². The van der Waals surface area contributed by atoms with Gasteiger partial charge in [-0.2, -0.15) is 0 Å². The van der Waals surface area contributed by atoms with Crippen molar-refractivity contribution in [1.29, 1.82) is 0 Å². The Bertz CT molecular complexity index is 837. The number of aryl methyl sites for hydroxylation is 1. The predicted molar refractivity (Wildman–Crippen MR) is 98.2 cm³/mol. The molecule has 0 saturated carbocycles. The highest BCUT2D eigenvalue weighted by Gasteiger charge is 2.28. The van der Waals surface area contributed by atoms with Crippen molar-refractivity contribution < 1.29 is 19.1 Å². The number of fused-ring (bicyclic) bond motifs is 1. The van der Waals surface area contributed by atoms with E-state index in [4.69, 9.17) is 0 Å². The Balaban J connectivity index is 1.80. The lowest BCUT2D eigenvalue weighted by atomic mass is 10.1. The summed E-state index contributed by atoms with van der Waals surface area (Å²) in [7, 11) is 1.19. The van der Waals surface area contributed by atoms with Gasteiger partial charge in [-0.3, -0.25) is 14.9 Å². The number of carbonyl (C=O) groups excluding carboxylic acids is 3. The monoisotopic (exact) mass is 376 g/mol. The van der Waals surface area contributed by atoms with Gasteiger partial charge < -0.3 is 10.1 Å². The molecule has 3 rings (SSSR count). The van der Waals surface area contributed by atoms with Gasteiger partial charge in [-0.05, 0) is 42.3 Å². The number of ether oxygens (including phenoxy) is 1. The number of hydrogen-bond acceptors (Lipinski definition) is 6. The summed E-state index contributed by atoms with van der Waals surface area (Å²) in [6.07, 6.45) is 4.92. The minimum Gasteiger partial charge on any atom is -0.453 e. The van der Waals surface area contributed by atoms with Gasteiger partial charge in [0.2, 0.25) is 5.91 Å². The zero-order valence-corrected chi connectivity index (χ0v) is 15.1. The van der Waals surface area contributed by atoms with Crippen LogP contribution in [0.25, 0.3) is 6.08 Å². The summed E-state index contributed by atoms with van der Waals surface area (Å²) < 4.78 is 4.47. The quantitative estimate of drug-likeness (QED) is 0.801. The number of alkyl carbamates (subject to hydrolysis) is 1. The van der Waals surface area contributed by atoms with Crippen molar-refractivity contribution >= 4 is 51.7 Å². The third-order valence-electron chi connectivity index (χ3n) is 3.73. The minimum absolute atomic E-state index is 0.319. The van der Waals surface area contributed by atoms with Crippen LogP contribution in [0.2, 0.25) is 0 Å². The van der Waals surface area contributed by atoms with Crippen LogP contribution in [-0.2, 0) is 22.4 Å². The zero-order valence-electron chi connectivity index (χ0n) is 13.5. The number of nitrogens with one attached hydrogen (secondary N) is 2. The molecule has 0 spiro atoms. The second-order valence-electron chi connectivity index (χ2n) is 5.35. The van der Waals surface area contributed by atoms with Crippen molar-refractivity contribution in [1.82, 2.24) is 5.32 Å². The first-order chi connectivity index (χ1) is 12.1. The minimum atomic E-state index is -0.821. The van der Waals surface area contributed by atoms with E-state index in [0.29, 0.717) is 10.6 Å². The van der Waals surface area contributed by atoms with Gasteiger partial charge in [0.05, 0.1) is 12.7 Å². The zero-order chi connectivity index (χ0) is 17.8. The van der Waals surface area contributed by atoms with Crippen LogP contribution >= 0.6 is 22.7 Å². The second kappa shape index (κ2) is 7.62. The first kappa shape index (κ1) is 17.4. The predicted octanol–water partition coefficient (Wildman–Crippen LogP) is 3.45. The van der Waals surface area contributed by atoms with E-state index in [9.17, 15) is 14.4 Å². The van der Waals surface area contributed by atoms with Gasteiger partial charge in [0.1, 0.15) is 5.00 Å². The number of anilines is 1. The van der Waals surface area contributed by atoms with Crippen molar-refractivity contribution in [3.63, 3.8) is 0 Å². The number of rotatable bonds is 4. The van der Waals surface area contributed by atoms with Crippen LogP contribution < -0.4 is 10.6 Å². The van der Waals surface area contributed by atoms with Gasteiger partial charge in [0, 0.05) is 15.8 Å². The molecular formula is C17H16N2O4S2. The van der Waals surface area contributed by atoms with Crippen LogP contribution in [0.3, 0.4) is 0 Å². The normalized spacial score (nSPS) is 12.8. The smallest absolute Gasteiger partial charge is 0.413 e. The average Bonchev–Trinajstić information content (AvgIpc) is 3.29. The lowest BCUT2D eigenvalue weighted by Gasteiger charge is -2.07. The largest absolute Gasteiger partial charge is 0.453 e. The molecule has 0 bridgehead atoms. The highest BCUT2D eigenvalue weighted by Crippen LogP contribution is 2.39. The first-order valence-corrected chi connectivity index (χ1v) is 9.34. The Kier molecular flexibility index (Phi) is 5.30. The maximum atomic E-state index is 12.4. The standard InChI is InChI=1S/C17H16N2O4S2/c1-23-17(22)19-15(21)14-11-5-2-6-12(11)25-16(14)18-13(20)8-7-10-4-3-9-24-10/h3-4,7-9H,2,5-6H2,1H3,(H,18,20)(H,19,21,22)/b8-7+. The number of thiophene rings is 2. The fourth-order valence-electron chi connectivity index (χ4n) is 2.64. The Morgan fingerprint density at radius 1 is 1.28 bits per heavy atom. The third-order valence-corrected chi connectivity index (χ3v) is 5.77. The van der Waals surface area contributed by atoms with Crippen molar-refractivity contribution in [3.8, 4) is 0 Å². The Morgan fingerprint density at radius 2 is 2.12 bits per heavy atom. The molecule has 1 aliphatic rings. The summed E-state index contributed by atoms with van der Waals surface area (Å²) >= 11 is 2.92. The molecule has 2 aromatic rings. The first-order valence-electron chi connectivity index (χ1n) is 7.65. The van der Waals surface area contributed by atoms with Crippen molar-refractivity contribution in [2.24, 2.45) is 0 Å². The fraction of sp³-hybridized carbons (Fsp3) is 0.235. The van der Waals surface area contributed by atoms with Crippen LogP contribution in [0.5, 0.6) is 0 Å². The number of carbonyl (C=O) groups is 3. The SMILES string of the molecule is COC(=O)NC(=O)c1c(NC(=O)/C=C/c2cccs2)sc2c1CCC2. The number of amides is 3. The summed E-state index contributed by atoms with van der Waals surface area (Å²) in [5.74, 6) is -0.871. The molecular weight excluding hydrogens is 360 g/mol. The summed E-state index contributed by atoms with van der Waals surface area (Å²) in [5, 5.41) is 7.32. The Hall–Kier alpha value is -2.45. The van der Waals surface area contributed by atoms with E-state index in [1.807, 2.05) is 17.5 Å². The van der Waals surface area contributed by atoms with Crippen molar-refractivity contribution in [2.45, 2.75) is 19.3 Å². The highest BCUT2D eigenvalue weighted by atomic mass is 32.1. The molecule has 2 N–H and O–H groups in total. The van der Waals surface area contributed by atoms with Crippen LogP contribution in [0.4, 0.5) is 9.80 Å². The van der Waals surface area contributed by atoms with E-state index in [2.05, 4.69) is 15.4 Å². The molecule has 6 nitrogen and oxygen atoms in total. The number of imide groups is 1. The van der Waals surface area contributed by atoms with E-state index in [-0.39, 0.29) is 5.91 Å². The lowest BCUT2D eigenvalue weighted by Crippen LogP contribution is -2.31. The second-order valence-corrected chi connectivity index (χ2v) is 7.43. The lowest BCUT2D eigenvalue weighted by molar-refractivity contribution is -0.111. The van der Waals surface area contributed by atoms with Crippen LogP contribution in [-0.4, -0.2) is 25.0 Å². The molecule has 0 saturated heterocycles. The molecule has 0 aromatic carbocycles. The van der Waals surface area contributed by atoms with Gasteiger partial charge in [0.25, 0.3) is 5.91 Å². The molecule has 2 heterocycles. The number of hydrogen-bond donors (Lipinski definition) is 2. The van der Waals surface area contributed by atoms with Crippen molar-refractivity contribution in [3.05, 3.63) is 44.5 Å². The molecule has 8 heteroatoms. The van der Waals surface area contributed by atoms with E-state index < -0.39 is 12.0 Å². The Labute approximate surface area is 152 Å². The Morgan fingerprint density at radius 3 is 2.84 bits per heavy atom. The topological polar surface area (TPSA) is 84.5 Å². The van der Waals surface area contributed by atoms with Gasteiger partial charge in [-0.15, -0.1) is 22.7 Å². The molecule has 0 fully saturated rings. The maximum absolute atomic E-state index is 12.4. The number of methoxy groups -OCH3 is 1. The van der Waals surface area contributed by atoms with E-state index in [0.717, 1.165) is 34.6 Å². The van der Waals surface area contributed by atoms with E-state index in [1.165, 1.54) is 35.9 Å². The molecule has 2 aromatic heterocycles. The molecule has 0 atom stereocenters. The summed E-state index contributed by atoms with van der Waals surface area (Å²) in [5.41, 5.74) is 1.27. The van der Waals surface area contributed by atoms with Crippen LogP contribution in [0.1, 0.15) is 32.1 Å². The molecule has 0 aliphatic heterocycles. The van der Waals surface area contributed by atoms with Gasteiger partial charge in [-0.25, -0.2) is 4.79 Å². The molecule has 0 unspecified atom stereocenters. The summed E-state index contributed by atoms with van der Waals surface area (Å²) in [4.78, 5) is 38.0. The molecule has 130 valence electrons. The summed E-state index contributed by atoms with van der Waals surface area (Å²) in [6, 6.07) is 3.81. The fourth-order valence-corrected chi connectivity index (χ4v) is 4.54. The average molecular weight is 376 g/mol. The third kappa shape index (κ3) is 3.97. The maximum Gasteiger partial charge on any atom is 0.413 e. The highest BCUT2D eigenvalue weighted by molar-refractivity contribution is 7.17. The van der Waals surface area contributed by atoms with Crippen molar-refractivity contribution in [2.75, 3.05) is 12.4 Å². The summed E-state index contributed by atoms with van der Waals surface area (Å²) in [6.45, 7) is 0. The van der Waals surface area contributed by atoms with Crippen LogP contribution in [0, 0.1) is 0 Å². The molecule has 3 amide bonds. The van der Waals surface area contributed by atoms with E-state index in [1.54, 1.807) is 6.08 Å². The molecule has 1 aliphatic carbocycles. The molecule has 0 radical (unpaired) electrons.